The molecule has 5 rings (SSSR count). The molecule has 0 amide bonds. The van der Waals surface area contributed by atoms with Gasteiger partial charge in [-0.2, -0.15) is 0 Å². The van der Waals surface area contributed by atoms with Crippen molar-refractivity contribution < 1.29 is 19.4 Å². The van der Waals surface area contributed by atoms with Gasteiger partial charge in [0, 0.05) is 41.1 Å². The van der Waals surface area contributed by atoms with E-state index in [2.05, 4.69) is 4.90 Å². The molecule has 0 aliphatic rings. The Labute approximate surface area is 268 Å². The highest BCUT2D eigenvalue weighted by atomic mass is 35.5. The molecular weight excluding hydrogens is 595 g/mol. The molecule has 44 heavy (non-hydrogen) atoms. The Kier molecular flexibility index (Phi) is 10.2. The molecule has 0 aliphatic carbocycles. The lowest BCUT2D eigenvalue weighted by Crippen LogP contribution is -2.16. The molecule has 0 radical (unpaired) electrons. The summed E-state index contributed by atoms with van der Waals surface area (Å²) in [4.78, 5) is 14.4. The summed E-state index contributed by atoms with van der Waals surface area (Å²) in [5, 5.41) is 11.5. The van der Waals surface area contributed by atoms with Crippen LogP contribution in [0.1, 0.15) is 39.2 Å². The molecule has 226 valence electrons. The van der Waals surface area contributed by atoms with Crippen molar-refractivity contribution in [2.75, 3.05) is 11.5 Å². The molecule has 6 nitrogen and oxygen atoms in total. The Balaban J connectivity index is 1.38. The van der Waals surface area contributed by atoms with E-state index in [1.54, 1.807) is 10.6 Å². The maximum Gasteiger partial charge on any atom is 0.352 e. The minimum Gasteiger partial charge on any atom is -0.494 e. The Bertz CT molecular complexity index is 1710. The number of nitrogens with zero attached hydrogens (tertiary/aromatic N) is 2. The van der Waals surface area contributed by atoms with Crippen molar-refractivity contribution in [3.63, 3.8) is 0 Å². The normalized spacial score (nSPS) is 10.9. The van der Waals surface area contributed by atoms with Crippen LogP contribution in [-0.4, -0.2) is 22.2 Å². The van der Waals surface area contributed by atoms with E-state index in [-0.39, 0.29) is 5.69 Å². The number of aromatic carboxylic acids is 1. The molecule has 0 atom stereocenters. The molecule has 0 spiro atoms. The Morgan fingerprint density at radius 3 is 2.25 bits per heavy atom. The Morgan fingerprint density at radius 1 is 0.795 bits per heavy atom. The van der Waals surface area contributed by atoms with Gasteiger partial charge >= 0.3 is 5.97 Å². The van der Waals surface area contributed by atoms with Crippen LogP contribution in [0.15, 0.2) is 103 Å². The first-order valence-electron chi connectivity index (χ1n) is 14.4. The zero-order chi connectivity index (χ0) is 31.1. The summed E-state index contributed by atoms with van der Waals surface area (Å²) < 4.78 is 13.8. The molecule has 1 heterocycles. The molecule has 0 aliphatic heterocycles. The van der Waals surface area contributed by atoms with Crippen molar-refractivity contribution >= 4 is 40.5 Å². The molecule has 0 saturated heterocycles. The first kappa shape index (κ1) is 31.0. The zero-order valence-electron chi connectivity index (χ0n) is 24.7. The lowest BCUT2D eigenvalue weighted by molar-refractivity contribution is 0.0684. The Hall–Kier alpha value is -4.39. The molecule has 0 bridgehead atoms. The quantitative estimate of drug-likeness (QED) is 0.132. The third-order valence-corrected chi connectivity index (χ3v) is 8.07. The van der Waals surface area contributed by atoms with Gasteiger partial charge in [-0.05, 0) is 85.0 Å². The first-order chi connectivity index (χ1) is 21.3. The van der Waals surface area contributed by atoms with E-state index in [0.717, 1.165) is 44.4 Å². The third kappa shape index (κ3) is 7.95. The van der Waals surface area contributed by atoms with Crippen LogP contribution in [0.2, 0.25) is 10.0 Å². The maximum absolute atomic E-state index is 12.3. The molecule has 0 fully saturated rings. The number of rotatable bonds is 13. The fraction of sp³-hybridized carbons (Fsp3) is 0.194. The minimum atomic E-state index is -0.997. The number of benzene rings is 4. The lowest BCUT2D eigenvalue weighted by atomic mass is 10.1. The summed E-state index contributed by atoms with van der Waals surface area (Å²) in [5.41, 5.74) is 5.78. The average molecular weight is 630 g/mol. The van der Waals surface area contributed by atoms with E-state index in [9.17, 15) is 9.90 Å². The van der Waals surface area contributed by atoms with Gasteiger partial charge in [-0.1, -0.05) is 71.7 Å². The number of hydrogen-bond donors (Lipinski definition) is 1. The maximum atomic E-state index is 12.3. The fourth-order valence-corrected chi connectivity index (χ4v) is 5.37. The second-order valence-corrected chi connectivity index (χ2v) is 11.5. The number of carboxylic acid groups (broad SMARTS) is 1. The van der Waals surface area contributed by atoms with Crippen LogP contribution in [0.3, 0.4) is 0 Å². The SMILES string of the molecule is Cc1cc(OCCCn2cc(N(Cc3cccc(Cl)c3)c3cccc(OCc4ccccc4)c3)cc2C(=O)O)cc(C)c1Cl. The van der Waals surface area contributed by atoms with E-state index < -0.39 is 5.97 Å². The molecule has 1 aromatic heterocycles. The zero-order valence-corrected chi connectivity index (χ0v) is 26.2. The number of anilines is 2. The van der Waals surface area contributed by atoms with Crippen molar-refractivity contribution in [3.8, 4) is 11.5 Å². The van der Waals surface area contributed by atoms with E-state index in [1.807, 2.05) is 111 Å². The standard InChI is InChI=1S/C36H34Cl2N2O4/c1-25-17-33(18-26(2)35(25)38)43-16-8-15-39-23-31(21-34(39)36(41)42)40(22-28-11-6-12-29(37)19-28)30-13-7-14-32(20-30)44-24-27-9-4-3-5-10-27/h3-7,9-14,17-21,23H,8,15-16,22,24H2,1-2H3,(H,41,42). The molecular formula is C36H34Cl2N2O4. The van der Waals surface area contributed by atoms with Crippen LogP contribution in [-0.2, 0) is 19.7 Å². The number of ether oxygens (including phenoxy) is 2. The number of hydrogen-bond acceptors (Lipinski definition) is 4. The third-order valence-electron chi connectivity index (χ3n) is 7.24. The van der Waals surface area contributed by atoms with Gasteiger partial charge in [0.15, 0.2) is 0 Å². The van der Waals surface area contributed by atoms with Crippen molar-refractivity contribution in [3.05, 3.63) is 141 Å². The predicted octanol–water partition coefficient (Wildman–Crippen LogP) is 9.50. The van der Waals surface area contributed by atoms with Gasteiger partial charge in [0.2, 0.25) is 0 Å². The summed E-state index contributed by atoms with van der Waals surface area (Å²) in [6.07, 6.45) is 2.49. The van der Waals surface area contributed by atoms with Gasteiger partial charge in [0.1, 0.15) is 23.8 Å². The van der Waals surface area contributed by atoms with Gasteiger partial charge in [-0.25, -0.2) is 4.79 Å². The summed E-state index contributed by atoms with van der Waals surface area (Å²) in [6, 6.07) is 31.0. The van der Waals surface area contributed by atoms with Crippen molar-refractivity contribution in [2.45, 2.75) is 40.0 Å². The van der Waals surface area contributed by atoms with Crippen LogP contribution in [0.4, 0.5) is 11.4 Å². The lowest BCUT2D eigenvalue weighted by Gasteiger charge is -2.24. The van der Waals surface area contributed by atoms with E-state index in [0.29, 0.717) is 43.5 Å². The summed E-state index contributed by atoms with van der Waals surface area (Å²) in [6.45, 7) is 5.71. The van der Waals surface area contributed by atoms with E-state index in [4.69, 9.17) is 32.7 Å². The van der Waals surface area contributed by atoms with Gasteiger partial charge in [-0.15, -0.1) is 0 Å². The van der Waals surface area contributed by atoms with Crippen molar-refractivity contribution in [2.24, 2.45) is 0 Å². The second-order valence-electron chi connectivity index (χ2n) is 10.6. The largest absolute Gasteiger partial charge is 0.494 e. The summed E-state index contributed by atoms with van der Waals surface area (Å²) in [7, 11) is 0. The van der Waals surface area contributed by atoms with Crippen LogP contribution < -0.4 is 14.4 Å². The number of carbonyl (C=O) groups is 1. The highest BCUT2D eigenvalue weighted by molar-refractivity contribution is 6.32. The topological polar surface area (TPSA) is 63.9 Å². The average Bonchev–Trinajstić information content (AvgIpc) is 3.45. The number of carboxylic acids is 1. The van der Waals surface area contributed by atoms with Gasteiger partial charge in [0.25, 0.3) is 0 Å². The monoisotopic (exact) mass is 628 g/mol. The Morgan fingerprint density at radius 2 is 1.52 bits per heavy atom. The summed E-state index contributed by atoms with van der Waals surface area (Å²) >= 11 is 12.6. The fourth-order valence-electron chi connectivity index (χ4n) is 5.05. The summed E-state index contributed by atoms with van der Waals surface area (Å²) in [5.74, 6) is 0.465. The number of halogens is 2. The van der Waals surface area contributed by atoms with Crippen LogP contribution in [0, 0.1) is 13.8 Å². The first-order valence-corrected chi connectivity index (χ1v) is 15.1. The molecule has 0 saturated carbocycles. The second kappa shape index (κ2) is 14.4. The van der Waals surface area contributed by atoms with Gasteiger partial charge in [0.05, 0.1) is 12.3 Å². The molecule has 4 aromatic carbocycles. The molecule has 5 aromatic rings. The van der Waals surface area contributed by atoms with Crippen LogP contribution in [0.5, 0.6) is 11.5 Å². The number of aryl methyl sites for hydroxylation is 3. The van der Waals surface area contributed by atoms with Gasteiger partial charge < -0.3 is 24.0 Å². The van der Waals surface area contributed by atoms with E-state index >= 15 is 0 Å². The van der Waals surface area contributed by atoms with Crippen LogP contribution >= 0.6 is 23.2 Å². The molecule has 0 unspecified atom stereocenters. The molecule has 8 heteroatoms. The van der Waals surface area contributed by atoms with E-state index in [1.165, 1.54) is 0 Å². The smallest absolute Gasteiger partial charge is 0.352 e. The highest BCUT2D eigenvalue weighted by Crippen LogP contribution is 2.33. The molecule has 1 N–H and O–H groups in total. The highest BCUT2D eigenvalue weighted by Gasteiger charge is 2.19. The van der Waals surface area contributed by atoms with Crippen LogP contribution in [0.25, 0.3) is 0 Å². The van der Waals surface area contributed by atoms with Crippen molar-refractivity contribution in [1.82, 2.24) is 4.57 Å². The minimum absolute atomic E-state index is 0.200. The van der Waals surface area contributed by atoms with Gasteiger partial charge in [-0.3, -0.25) is 0 Å². The predicted molar refractivity (Wildman–Crippen MR) is 177 cm³/mol. The van der Waals surface area contributed by atoms with Crippen molar-refractivity contribution in [1.29, 1.82) is 0 Å². The number of aromatic nitrogens is 1.